The van der Waals surface area contributed by atoms with E-state index < -0.39 is 5.82 Å². The van der Waals surface area contributed by atoms with E-state index in [9.17, 15) is 4.39 Å². The van der Waals surface area contributed by atoms with Gasteiger partial charge in [-0.2, -0.15) is 0 Å². The number of rotatable bonds is 3. The predicted octanol–water partition coefficient (Wildman–Crippen LogP) is 4.85. The lowest BCUT2D eigenvalue weighted by Crippen LogP contribution is -2.04. The molecule has 0 radical (unpaired) electrons. The zero-order chi connectivity index (χ0) is 12.6. The molecular weight excluding hydrogens is 259 g/mol. The Morgan fingerprint density at radius 3 is 2.88 bits per heavy atom. The molecule has 2 rings (SSSR count). The molecule has 1 aromatic heterocycles. The van der Waals surface area contributed by atoms with E-state index in [1.54, 1.807) is 6.07 Å². The smallest absolute Gasteiger partial charge is 0.178 e. The van der Waals surface area contributed by atoms with Gasteiger partial charge in [0.1, 0.15) is 5.82 Å². The molecule has 2 aromatic rings. The number of nitrogens with one attached hydrogen (secondary N) is 1. The van der Waals surface area contributed by atoms with Crippen LogP contribution in [0, 0.1) is 10.6 Å². The van der Waals surface area contributed by atoms with E-state index in [1.165, 1.54) is 6.07 Å². The summed E-state index contributed by atoms with van der Waals surface area (Å²) in [7, 11) is 0. The quantitative estimate of drug-likeness (QED) is 0.792. The maximum Gasteiger partial charge on any atom is 0.178 e. The molecule has 1 aromatic carbocycles. The first-order chi connectivity index (χ1) is 8.04. The molecule has 1 atom stereocenters. The third-order valence-electron chi connectivity index (χ3n) is 2.91. The van der Waals surface area contributed by atoms with E-state index in [1.807, 2.05) is 4.57 Å². The molecule has 0 aliphatic rings. The fourth-order valence-electron chi connectivity index (χ4n) is 2.11. The normalized spacial score (nSPS) is 13.2. The highest BCUT2D eigenvalue weighted by Gasteiger charge is 2.12. The lowest BCUT2D eigenvalue weighted by atomic mass is 10.2. The molecule has 0 saturated carbocycles. The summed E-state index contributed by atoms with van der Waals surface area (Å²) < 4.78 is 16.0. The van der Waals surface area contributed by atoms with Gasteiger partial charge < -0.3 is 9.55 Å². The van der Waals surface area contributed by atoms with Gasteiger partial charge in [0.15, 0.2) is 4.77 Å². The Morgan fingerprint density at radius 2 is 2.24 bits per heavy atom. The molecule has 1 heterocycles. The highest BCUT2D eigenvalue weighted by Crippen LogP contribution is 2.26. The first kappa shape index (κ1) is 12.6. The summed E-state index contributed by atoms with van der Waals surface area (Å²) in [6, 6.07) is 3.30. The first-order valence-electron chi connectivity index (χ1n) is 5.63. The summed E-state index contributed by atoms with van der Waals surface area (Å²) in [6.07, 6.45) is 2.10. The third-order valence-corrected chi connectivity index (χ3v) is 3.49. The molecule has 0 amide bonds. The molecule has 0 aliphatic heterocycles. The number of H-pyrrole nitrogens is 1. The van der Waals surface area contributed by atoms with Crippen molar-refractivity contribution in [2.75, 3.05) is 0 Å². The van der Waals surface area contributed by atoms with Crippen LogP contribution in [0.1, 0.15) is 32.7 Å². The van der Waals surface area contributed by atoms with Crippen LogP contribution in [-0.2, 0) is 0 Å². The lowest BCUT2D eigenvalue weighted by molar-refractivity contribution is 0.507. The number of aromatic amines is 1. The van der Waals surface area contributed by atoms with Gasteiger partial charge in [-0.15, -0.1) is 0 Å². The van der Waals surface area contributed by atoms with Crippen molar-refractivity contribution in [2.45, 2.75) is 32.7 Å². The van der Waals surface area contributed by atoms with Crippen molar-refractivity contribution in [3.8, 4) is 0 Å². The van der Waals surface area contributed by atoms with Gasteiger partial charge in [-0.3, -0.25) is 0 Å². The van der Waals surface area contributed by atoms with E-state index >= 15 is 0 Å². The highest BCUT2D eigenvalue weighted by atomic mass is 35.5. The number of aromatic nitrogens is 2. The van der Waals surface area contributed by atoms with Crippen LogP contribution in [0.2, 0.25) is 5.02 Å². The molecule has 0 spiro atoms. The second kappa shape index (κ2) is 4.78. The van der Waals surface area contributed by atoms with Crippen LogP contribution in [-0.4, -0.2) is 9.55 Å². The summed E-state index contributed by atoms with van der Waals surface area (Å²) in [4.78, 5) is 3.01. The molecular formula is C12H14ClFN2S. The SMILES string of the molecule is CCCC(C)n1c(=S)[nH]c2cc(F)c(Cl)cc21. The Bertz CT molecular complexity index is 602. The predicted molar refractivity (Wildman–Crippen MR) is 71.7 cm³/mol. The van der Waals surface area contributed by atoms with Gasteiger partial charge in [-0.25, -0.2) is 4.39 Å². The first-order valence-corrected chi connectivity index (χ1v) is 6.42. The van der Waals surface area contributed by atoms with Crippen LogP contribution in [0.15, 0.2) is 12.1 Å². The average molecular weight is 273 g/mol. The molecule has 0 bridgehead atoms. The second-order valence-corrected chi connectivity index (χ2v) is 5.02. The zero-order valence-corrected chi connectivity index (χ0v) is 11.3. The lowest BCUT2D eigenvalue weighted by Gasteiger charge is -2.13. The van der Waals surface area contributed by atoms with Crippen molar-refractivity contribution in [3.05, 3.63) is 27.7 Å². The summed E-state index contributed by atoms with van der Waals surface area (Å²) >= 11 is 11.1. The Kier molecular flexibility index (Phi) is 3.54. The van der Waals surface area contributed by atoms with Gasteiger partial charge in [0.25, 0.3) is 0 Å². The van der Waals surface area contributed by atoms with Crippen LogP contribution in [0.5, 0.6) is 0 Å². The van der Waals surface area contributed by atoms with Crippen molar-refractivity contribution >= 4 is 34.9 Å². The van der Waals surface area contributed by atoms with E-state index in [0.717, 1.165) is 18.4 Å². The van der Waals surface area contributed by atoms with E-state index in [-0.39, 0.29) is 11.1 Å². The van der Waals surface area contributed by atoms with Crippen LogP contribution in [0.25, 0.3) is 11.0 Å². The van der Waals surface area contributed by atoms with Gasteiger partial charge in [-0.1, -0.05) is 24.9 Å². The monoisotopic (exact) mass is 272 g/mol. The number of benzene rings is 1. The van der Waals surface area contributed by atoms with Crippen LogP contribution in [0.3, 0.4) is 0 Å². The van der Waals surface area contributed by atoms with Gasteiger partial charge in [0.2, 0.25) is 0 Å². The molecule has 92 valence electrons. The standard InChI is InChI=1S/C12H14ClFN2S/c1-3-4-7(2)16-11-5-8(13)9(14)6-10(11)15-12(16)17/h5-7H,3-4H2,1-2H3,(H,15,17). The summed E-state index contributed by atoms with van der Waals surface area (Å²) in [5.41, 5.74) is 1.56. The number of imidazole rings is 1. The molecule has 1 unspecified atom stereocenters. The average Bonchev–Trinajstić information content (AvgIpc) is 2.55. The molecule has 2 nitrogen and oxygen atoms in total. The van der Waals surface area contributed by atoms with Gasteiger partial charge in [-0.05, 0) is 31.6 Å². The summed E-state index contributed by atoms with van der Waals surface area (Å²) in [6.45, 7) is 4.23. The zero-order valence-electron chi connectivity index (χ0n) is 9.76. The van der Waals surface area contributed by atoms with Crippen LogP contribution < -0.4 is 0 Å². The van der Waals surface area contributed by atoms with Crippen LogP contribution >= 0.6 is 23.8 Å². The number of hydrogen-bond donors (Lipinski definition) is 1. The number of nitrogens with zero attached hydrogens (tertiary/aromatic N) is 1. The van der Waals surface area contributed by atoms with Gasteiger partial charge in [0.05, 0.1) is 16.1 Å². The second-order valence-electron chi connectivity index (χ2n) is 4.22. The number of fused-ring (bicyclic) bond motifs is 1. The minimum atomic E-state index is -0.425. The maximum atomic E-state index is 13.3. The third kappa shape index (κ3) is 2.24. The van der Waals surface area contributed by atoms with Crippen molar-refractivity contribution in [2.24, 2.45) is 0 Å². The minimum absolute atomic E-state index is 0.129. The largest absolute Gasteiger partial charge is 0.330 e. The molecule has 1 N–H and O–H groups in total. The van der Waals surface area contributed by atoms with Gasteiger partial charge in [0, 0.05) is 12.1 Å². The fourth-order valence-corrected chi connectivity index (χ4v) is 2.65. The van der Waals surface area contributed by atoms with E-state index in [4.69, 9.17) is 23.8 Å². The molecule has 17 heavy (non-hydrogen) atoms. The van der Waals surface area contributed by atoms with Gasteiger partial charge >= 0.3 is 0 Å². The summed E-state index contributed by atoms with van der Waals surface area (Å²) in [5.74, 6) is -0.425. The number of hydrogen-bond acceptors (Lipinski definition) is 1. The maximum absolute atomic E-state index is 13.3. The Balaban J connectivity index is 2.66. The van der Waals surface area contributed by atoms with Crippen molar-refractivity contribution in [1.82, 2.24) is 9.55 Å². The topological polar surface area (TPSA) is 20.7 Å². The van der Waals surface area contributed by atoms with E-state index in [0.29, 0.717) is 10.3 Å². The fraction of sp³-hybridized carbons (Fsp3) is 0.417. The summed E-state index contributed by atoms with van der Waals surface area (Å²) in [5, 5.41) is 0.129. The molecule has 0 aliphatic carbocycles. The van der Waals surface area contributed by atoms with Crippen LogP contribution in [0.4, 0.5) is 4.39 Å². The highest BCUT2D eigenvalue weighted by molar-refractivity contribution is 7.71. The molecule has 0 saturated heterocycles. The Morgan fingerprint density at radius 1 is 1.53 bits per heavy atom. The van der Waals surface area contributed by atoms with Crippen molar-refractivity contribution < 1.29 is 4.39 Å². The van der Waals surface area contributed by atoms with Crippen molar-refractivity contribution in [1.29, 1.82) is 0 Å². The minimum Gasteiger partial charge on any atom is -0.330 e. The Hall–Kier alpha value is -0.870. The van der Waals surface area contributed by atoms with Crippen molar-refractivity contribution in [3.63, 3.8) is 0 Å². The van der Waals surface area contributed by atoms with E-state index in [2.05, 4.69) is 18.8 Å². The number of halogens is 2. The molecule has 0 fully saturated rings. The molecule has 5 heteroatoms. The Labute approximate surface area is 109 Å².